The smallest absolute Gasteiger partial charge is 0.331 e. The van der Waals surface area contributed by atoms with Gasteiger partial charge in [-0.2, -0.15) is 0 Å². The number of likely N-dealkylation sites (tertiary alicyclic amines) is 1. The highest BCUT2D eigenvalue weighted by Crippen LogP contribution is 2.28. The normalized spacial score (nSPS) is 14.6. The van der Waals surface area contributed by atoms with E-state index in [4.69, 9.17) is 4.74 Å². The van der Waals surface area contributed by atoms with Gasteiger partial charge in [-0.1, -0.05) is 30.3 Å². The van der Waals surface area contributed by atoms with Crippen LogP contribution in [-0.4, -0.2) is 36.5 Å². The van der Waals surface area contributed by atoms with Crippen LogP contribution in [0.3, 0.4) is 0 Å². The van der Waals surface area contributed by atoms with Crippen molar-refractivity contribution in [3.8, 4) is 10.4 Å². The number of ether oxygens (including phenoxy) is 1. The third-order valence-electron chi connectivity index (χ3n) is 4.12. The Bertz CT molecular complexity index is 745. The molecule has 5 heteroatoms. The van der Waals surface area contributed by atoms with E-state index in [1.807, 2.05) is 30.3 Å². The van der Waals surface area contributed by atoms with Crippen molar-refractivity contribution >= 4 is 29.3 Å². The first kappa shape index (κ1) is 17.4. The zero-order chi connectivity index (χ0) is 17.5. The number of nitrogens with zero attached hydrogens (tertiary/aromatic N) is 1. The van der Waals surface area contributed by atoms with Crippen LogP contribution in [-0.2, 0) is 14.3 Å². The van der Waals surface area contributed by atoms with Gasteiger partial charge in [0.2, 0.25) is 0 Å². The summed E-state index contributed by atoms with van der Waals surface area (Å²) in [6, 6.07) is 14.1. The highest BCUT2D eigenvalue weighted by Gasteiger charge is 2.17. The number of hydrogen-bond acceptors (Lipinski definition) is 4. The maximum absolute atomic E-state index is 12.0. The monoisotopic (exact) mass is 355 g/mol. The predicted octanol–water partition coefficient (Wildman–Crippen LogP) is 3.98. The molecule has 0 atom stereocenters. The van der Waals surface area contributed by atoms with E-state index in [0.717, 1.165) is 47.7 Å². The van der Waals surface area contributed by atoms with E-state index in [9.17, 15) is 9.59 Å². The van der Waals surface area contributed by atoms with Gasteiger partial charge in [0.05, 0.1) is 0 Å². The molecule has 1 saturated heterocycles. The fraction of sp³-hybridized carbons (Fsp3) is 0.300. The Kier molecular flexibility index (Phi) is 6.01. The minimum absolute atomic E-state index is 0.107. The lowest BCUT2D eigenvalue weighted by atomic mass is 10.1. The number of esters is 1. The summed E-state index contributed by atoms with van der Waals surface area (Å²) in [6.45, 7) is 1.36. The molecule has 1 fully saturated rings. The maximum atomic E-state index is 12.0. The lowest BCUT2D eigenvalue weighted by Crippen LogP contribution is -2.38. The van der Waals surface area contributed by atoms with Crippen LogP contribution in [0.4, 0.5) is 0 Å². The van der Waals surface area contributed by atoms with Crippen molar-refractivity contribution in [2.45, 2.75) is 19.3 Å². The quantitative estimate of drug-likeness (QED) is 0.602. The Morgan fingerprint density at radius 2 is 1.80 bits per heavy atom. The van der Waals surface area contributed by atoms with Gasteiger partial charge < -0.3 is 9.64 Å². The van der Waals surface area contributed by atoms with E-state index in [0.29, 0.717) is 0 Å². The maximum Gasteiger partial charge on any atom is 0.331 e. The highest BCUT2D eigenvalue weighted by atomic mass is 32.1. The molecule has 1 aromatic carbocycles. The van der Waals surface area contributed by atoms with Crippen molar-refractivity contribution in [3.05, 3.63) is 53.4 Å². The first-order chi connectivity index (χ1) is 12.2. The van der Waals surface area contributed by atoms with Crippen LogP contribution >= 0.6 is 11.3 Å². The van der Waals surface area contributed by atoms with Crippen molar-refractivity contribution < 1.29 is 14.3 Å². The molecule has 1 aliphatic heterocycles. The number of rotatable bonds is 5. The molecule has 0 saturated carbocycles. The van der Waals surface area contributed by atoms with Crippen LogP contribution < -0.4 is 0 Å². The van der Waals surface area contributed by atoms with Gasteiger partial charge in [-0.3, -0.25) is 4.79 Å². The molecular weight excluding hydrogens is 334 g/mol. The molecule has 130 valence electrons. The average molecular weight is 355 g/mol. The SMILES string of the molecule is O=C(/C=C/c1ccc(-c2ccccc2)s1)OCC(=O)N1CCCCC1. The van der Waals surface area contributed by atoms with E-state index in [2.05, 4.69) is 12.1 Å². The van der Waals surface area contributed by atoms with Gasteiger partial charge in [-0.05, 0) is 43.0 Å². The van der Waals surface area contributed by atoms with Crippen LogP contribution in [0.25, 0.3) is 16.5 Å². The summed E-state index contributed by atoms with van der Waals surface area (Å²) in [5.74, 6) is -0.594. The Hall–Kier alpha value is -2.40. The third kappa shape index (κ3) is 5.03. The molecule has 0 N–H and O–H groups in total. The molecule has 0 unspecified atom stereocenters. The van der Waals surface area contributed by atoms with Gasteiger partial charge in [0.25, 0.3) is 5.91 Å². The second kappa shape index (κ2) is 8.62. The molecule has 1 amide bonds. The van der Waals surface area contributed by atoms with E-state index < -0.39 is 5.97 Å². The molecule has 0 aliphatic carbocycles. The van der Waals surface area contributed by atoms with E-state index in [1.54, 1.807) is 22.3 Å². The van der Waals surface area contributed by atoms with Crippen LogP contribution in [0, 0.1) is 0 Å². The largest absolute Gasteiger partial charge is 0.452 e. The third-order valence-corrected chi connectivity index (χ3v) is 5.22. The number of hydrogen-bond donors (Lipinski definition) is 0. The molecule has 1 aliphatic rings. The number of piperidine rings is 1. The molecule has 4 nitrogen and oxygen atoms in total. The summed E-state index contributed by atoms with van der Waals surface area (Å²) in [6.07, 6.45) is 6.33. The van der Waals surface area contributed by atoms with Crippen molar-refractivity contribution in [1.29, 1.82) is 0 Å². The van der Waals surface area contributed by atoms with Gasteiger partial charge in [0.1, 0.15) is 0 Å². The summed E-state index contributed by atoms with van der Waals surface area (Å²) in [5.41, 5.74) is 1.15. The van der Waals surface area contributed by atoms with Gasteiger partial charge >= 0.3 is 5.97 Å². The molecule has 3 rings (SSSR count). The first-order valence-corrected chi connectivity index (χ1v) is 9.32. The average Bonchev–Trinajstić information content (AvgIpc) is 3.15. The topological polar surface area (TPSA) is 46.6 Å². The minimum Gasteiger partial charge on any atom is -0.452 e. The minimum atomic E-state index is -0.486. The van der Waals surface area contributed by atoms with Crippen LogP contribution in [0.1, 0.15) is 24.1 Å². The molecule has 25 heavy (non-hydrogen) atoms. The predicted molar refractivity (Wildman–Crippen MR) is 100 cm³/mol. The number of carbonyl (C=O) groups is 2. The van der Waals surface area contributed by atoms with Gasteiger partial charge in [-0.25, -0.2) is 4.79 Å². The molecule has 0 bridgehead atoms. The Labute approximate surface area is 151 Å². The Morgan fingerprint density at radius 3 is 2.56 bits per heavy atom. The fourth-order valence-corrected chi connectivity index (χ4v) is 3.68. The molecular formula is C20H21NO3S. The molecule has 2 heterocycles. The molecule has 1 aromatic heterocycles. The zero-order valence-electron chi connectivity index (χ0n) is 14.0. The van der Waals surface area contributed by atoms with E-state index in [1.165, 1.54) is 6.08 Å². The summed E-state index contributed by atoms with van der Waals surface area (Å²) in [4.78, 5) is 27.7. The zero-order valence-corrected chi connectivity index (χ0v) is 14.8. The number of thiophene rings is 1. The van der Waals surface area contributed by atoms with Crippen molar-refractivity contribution in [2.24, 2.45) is 0 Å². The van der Waals surface area contributed by atoms with Crippen LogP contribution in [0.5, 0.6) is 0 Å². The lowest BCUT2D eigenvalue weighted by Gasteiger charge is -2.26. The highest BCUT2D eigenvalue weighted by molar-refractivity contribution is 7.16. The van der Waals surface area contributed by atoms with Crippen molar-refractivity contribution in [3.63, 3.8) is 0 Å². The van der Waals surface area contributed by atoms with Crippen LogP contribution in [0.2, 0.25) is 0 Å². The number of amides is 1. The standard InChI is InChI=1S/C20H21NO3S/c22-19(21-13-5-2-6-14-21)15-24-20(23)12-10-17-9-11-18(25-17)16-7-3-1-4-8-16/h1,3-4,7-12H,2,5-6,13-15H2/b12-10+. The molecule has 2 aromatic rings. The van der Waals surface area contributed by atoms with Gasteiger partial charge in [0, 0.05) is 28.9 Å². The van der Waals surface area contributed by atoms with Gasteiger partial charge in [0.15, 0.2) is 6.61 Å². The van der Waals surface area contributed by atoms with Crippen molar-refractivity contribution in [1.82, 2.24) is 4.90 Å². The lowest BCUT2D eigenvalue weighted by molar-refractivity contribution is -0.148. The summed E-state index contributed by atoms with van der Waals surface area (Å²) < 4.78 is 5.06. The van der Waals surface area contributed by atoms with E-state index >= 15 is 0 Å². The summed E-state index contributed by atoms with van der Waals surface area (Å²) in [7, 11) is 0. The first-order valence-electron chi connectivity index (χ1n) is 8.50. The Balaban J connectivity index is 1.49. The van der Waals surface area contributed by atoms with Crippen LogP contribution in [0.15, 0.2) is 48.5 Å². The second-order valence-corrected chi connectivity index (χ2v) is 7.07. The Morgan fingerprint density at radius 1 is 1.04 bits per heavy atom. The van der Waals surface area contributed by atoms with Gasteiger partial charge in [-0.15, -0.1) is 11.3 Å². The molecule has 0 spiro atoms. The van der Waals surface area contributed by atoms with Crippen molar-refractivity contribution in [2.75, 3.05) is 19.7 Å². The molecule has 0 radical (unpaired) electrons. The summed E-state index contributed by atoms with van der Waals surface area (Å²) in [5, 5.41) is 0. The van der Waals surface area contributed by atoms with E-state index in [-0.39, 0.29) is 12.5 Å². The number of carbonyl (C=O) groups excluding carboxylic acids is 2. The number of benzene rings is 1. The summed E-state index contributed by atoms with van der Waals surface area (Å²) >= 11 is 1.61. The fourth-order valence-electron chi connectivity index (χ4n) is 2.77. The second-order valence-electron chi connectivity index (χ2n) is 5.95.